The van der Waals surface area contributed by atoms with Crippen molar-refractivity contribution in [2.45, 2.75) is 127 Å². The average Bonchev–Trinajstić information content (AvgIpc) is 3.53. The molecule has 0 amide bonds. The highest BCUT2D eigenvalue weighted by Crippen LogP contribution is 2.54. The van der Waals surface area contributed by atoms with Gasteiger partial charge in [-0.25, -0.2) is 4.79 Å². The minimum Gasteiger partial charge on any atom is -0.507 e. The first-order chi connectivity index (χ1) is 27.4. The number of esters is 1. The van der Waals surface area contributed by atoms with Gasteiger partial charge in [-0.2, -0.15) is 0 Å². The molecule has 1 saturated carbocycles. The number of ether oxygens (including phenoxy) is 3. The van der Waals surface area contributed by atoms with Gasteiger partial charge in [-0.15, -0.1) is 0 Å². The third-order valence-electron chi connectivity index (χ3n) is 13.1. The summed E-state index contributed by atoms with van der Waals surface area (Å²) in [4.78, 5) is 30.6. The third kappa shape index (κ3) is 5.92. The number of phenols is 1. The summed E-state index contributed by atoms with van der Waals surface area (Å²) in [6.07, 6.45) is 16.3. The number of nitrogens with two attached hydrogens (primary N) is 2. The summed E-state index contributed by atoms with van der Waals surface area (Å²) in [6, 6.07) is 5.04. The SMILES string of the molecule is Cc1cc(=O)c2c(O)c3c(cc2o1)OC(C)(C)C1OC(=O)C2(CCCCC31)OC2CCC1=C2CCCC3=C(N)NC(Cn4cc5cc[nH]c5c4)C=C3C2NC(N)=C1. The molecule has 10 rings (SSSR count). The second-order valence-corrected chi connectivity index (χ2v) is 17.3. The van der Waals surface area contributed by atoms with Gasteiger partial charge in [0.2, 0.25) is 0 Å². The van der Waals surface area contributed by atoms with E-state index in [9.17, 15) is 14.7 Å². The van der Waals surface area contributed by atoms with Crippen LogP contribution in [0.4, 0.5) is 0 Å². The molecule has 8 heterocycles. The van der Waals surface area contributed by atoms with Crippen molar-refractivity contribution in [1.29, 1.82) is 0 Å². The minimum atomic E-state index is -1.05. The van der Waals surface area contributed by atoms with E-state index in [1.807, 2.05) is 26.1 Å². The molecule has 6 aliphatic rings. The lowest BCUT2D eigenvalue weighted by Crippen LogP contribution is -2.52. The summed E-state index contributed by atoms with van der Waals surface area (Å²) in [5.74, 6) is 1.25. The van der Waals surface area contributed by atoms with Crippen molar-refractivity contribution in [1.82, 2.24) is 20.2 Å². The number of fused-ring (bicyclic) bond motifs is 8. The molecule has 13 nitrogen and oxygen atoms in total. The van der Waals surface area contributed by atoms with E-state index in [2.05, 4.69) is 44.7 Å². The smallest absolute Gasteiger partial charge is 0.341 e. The number of phenolic OH excluding ortho intramolecular Hbond substituents is 1. The normalized spacial score (nSPS) is 29.2. The van der Waals surface area contributed by atoms with Crippen molar-refractivity contribution in [3.05, 3.63) is 104 Å². The van der Waals surface area contributed by atoms with E-state index in [4.69, 9.17) is 30.1 Å². The van der Waals surface area contributed by atoms with Crippen LogP contribution < -0.4 is 32.3 Å². The number of H-pyrrole nitrogens is 1. The van der Waals surface area contributed by atoms with Crippen molar-refractivity contribution >= 4 is 27.8 Å². The summed E-state index contributed by atoms with van der Waals surface area (Å²) < 4.78 is 27.3. The number of aromatic nitrogens is 2. The van der Waals surface area contributed by atoms with Crippen LogP contribution in [0.5, 0.6) is 11.5 Å². The Labute approximate surface area is 329 Å². The Kier molecular flexibility index (Phi) is 8.16. The van der Waals surface area contributed by atoms with E-state index in [0.29, 0.717) is 48.6 Å². The van der Waals surface area contributed by atoms with E-state index < -0.39 is 23.3 Å². The molecule has 4 aromatic rings. The molecule has 3 aromatic heterocycles. The largest absolute Gasteiger partial charge is 0.507 e. The van der Waals surface area contributed by atoms with Crippen LogP contribution >= 0.6 is 0 Å². The summed E-state index contributed by atoms with van der Waals surface area (Å²) in [6.45, 7) is 6.21. The average molecular weight is 775 g/mol. The van der Waals surface area contributed by atoms with Crippen molar-refractivity contribution in [2.75, 3.05) is 0 Å². The maximum Gasteiger partial charge on any atom is 0.341 e. The third-order valence-corrected chi connectivity index (χ3v) is 13.1. The van der Waals surface area contributed by atoms with E-state index in [0.717, 1.165) is 55.6 Å². The number of hydrogen-bond acceptors (Lipinski definition) is 11. The molecular weight excluding hydrogens is 725 g/mol. The van der Waals surface area contributed by atoms with Crippen LogP contribution in [0.3, 0.4) is 0 Å². The molecule has 1 aliphatic carbocycles. The van der Waals surface area contributed by atoms with Crippen LogP contribution in [-0.4, -0.2) is 56.1 Å². The molecule has 6 unspecified atom stereocenters. The van der Waals surface area contributed by atoms with Gasteiger partial charge in [0.15, 0.2) is 11.0 Å². The number of aryl methyl sites for hydroxylation is 1. The number of dihydropyridines is 2. The van der Waals surface area contributed by atoms with Gasteiger partial charge < -0.3 is 55.4 Å². The number of hydrogen-bond donors (Lipinski definition) is 6. The second kappa shape index (κ2) is 13.0. The number of aromatic hydroxyl groups is 1. The zero-order valence-electron chi connectivity index (χ0n) is 32.6. The summed E-state index contributed by atoms with van der Waals surface area (Å²) in [5.41, 5.74) is 17.7. The number of allylic oxidation sites excluding steroid dienone is 2. The maximum atomic E-state index is 14.3. The van der Waals surface area contributed by atoms with E-state index in [-0.39, 0.29) is 46.3 Å². The van der Waals surface area contributed by atoms with Crippen LogP contribution in [0.15, 0.2) is 92.1 Å². The minimum absolute atomic E-state index is 0.00555. The molecule has 57 heavy (non-hydrogen) atoms. The first-order valence-electron chi connectivity index (χ1n) is 20.3. The lowest BCUT2D eigenvalue weighted by Gasteiger charge is -2.44. The Morgan fingerprint density at radius 1 is 1.07 bits per heavy atom. The Balaban J connectivity index is 0.889. The topological polar surface area (TPSA) is 195 Å². The lowest BCUT2D eigenvalue weighted by molar-refractivity contribution is -0.170. The first-order valence-corrected chi connectivity index (χ1v) is 20.3. The van der Waals surface area contributed by atoms with Gasteiger partial charge in [0, 0.05) is 54.1 Å². The van der Waals surface area contributed by atoms with Crippen molar-refractivity contribution in [3.63, 3.8) is 0 Å². The van der Waals surface area contributed by atoms with Gasteiger partial charge in [0.25, 0.3) is 0 Å². The van der Waals surface area contributed by atoms with Crippen LogP contribution in [0.2, 0.25) is 0 Å². The summed E-state index contributed by atoms with van der Waals surface area (Å²) in [5, 5.41) is 20.0. The Morgan fingerprint density at radius 2 is 1.93 bits per heavy atom. The molecule has 5 aliphatic heterocycles. The van der Waals surface area contributed by atoms with Gasteiger partial charge in [-0.3, -0.25) is 4.79 Å². The standard InChI is InChI=1S/C44H50N6O7/c1-22-15-31(51)37-32(54-22)18-33-36(39(37)52)28-7-4-5-13-44(42(53)55-40(28)43(2,3)56-33)34(57-44)11-10-23-16-35(45)49-38-26(23)8-6-9-27-29(38)17-25(48-41(27)46)20-50-19-24-12-14-47-30(24)21-50/h12,14-19,21,25,28,34,38,40,47-49,52H,4-11,13,20,45-46H2,1-3H3. The summed E-state index contributed by atoms with van der Waals surface area (Å²) in [7, 11) is 0. The number of carbonyl (C=O) groups is 1. The molecule has 8 N–H and O–H groups in total. The van der Waals surface area contributed by atoms with Crippen molar-refractivity contribution < 1.29 is 28.5 Å². The molecule has 13 heteroatoms. The molecule has 1 spiro atoms. The highest BCUT2D eigenvalue weighted by Gasteiger charge is 2.64. The van der Waals surface area contributed by atoms with Crippen LogP contribution in [0.25, 0.3) is 21.9 Å². The quantitative estimate of drug-likeness (QED) is 0.106. The maximum absolute atomic E-state index is 14.3. The van der Waals surface area contributed by atoms with Crippen LogP contribution in [0, 0.1) is 6.92 Å². The number of epoxide rings is 1. The van der Waals surface area contributed by atoms with Gasteiger partial charge in [-0.05, 0) is 107 Å². The van der Waals surface area contributed by atoms with E-state index in [1.54, 1.807) is 13.0 Å². The Hall–Kier alpha value is -5.56. The number of carbonyl (C=O) groups excluding carboxylic acids is 1. The van der Waals surface area contributed by atoms with Gasteiger partial charge in [0.1, 0.15) is 45.8 Å². The number of nitrogens with zero attached hydrogens (tertiary/aromatic N) is 1. The fraction of sp³-hybridized carbons (Fsp3) is 0.455. The predicted octanol–water partition coefficient (Wildman–Crippen LogP) is 5.77. The van der Waals surface area contributed by atoms with E-state index in [1.165, 1.54) is 28.2 Å². The molecule has 3 fully saturated rings. The zero-order chi connectivity index (χ0) is 39.4. The predicted molar refractivity (Wildman–Crippen MR) is 214 cm³/mol. The monoisotopic (exact) mass is 774 g/mol. The molecular formula is C44H50N6O7. The molecule has 298 valence electrons. The lowest BCUT2D eigenvalue weighted by atomic mass is 9.77. The number of nitrogens with one attached hydrogen (secondary N) is 3. The molecule has 0 radical (unpaired) electrons. The number of aromatic amines is 1. The van der Waals surface area contributed by atoms with Gasteiger partial charge in [-0.1, -0.05) is 12.5 Å². The van der Waals surface area contributed by atoms with Crippen LogP contribution in [-0.2, 0) is 20.8 Å². The Morgan fingerprint density at radius 3 is 2.77 bits per heavy atom. The zero-order valence-corrected chi connectivity index (χ0v) is 32.6. The molecule has 1 aromatic carbocycles. The van der Waals surface area contributed by atoms with Gasteiger partial charge in [0.05, 0.1) is 29.5 Å². The fourth-order valence-electron chi connectivity index (χ4n) is 10.4. The fourth-order valence-corrected chi connectivity index (χ4v) is 10.4. The van der Waals surface area contributed by atoms with Crippen molar-refractivity contribution in [3.8, 4) is 11.5 Å². The highest BCUT2D eigenvalue weighted by atomic mass is 16.7. The molecule has 0 bridgehead atoms. The van der Waals surface area contributed by atoms with Gasteiger partial charge >= 0.3 is 5.97 Å². The first kappa shape index (κ1) is 35.8. The number of rotatable bonds is 5. The Bertz CT molecular complexity index is 2510. The number of benzene rings is 1. The second-order valence-electron chi connectivity index (χ2n) is 17.3. The van der Waals surface area contributed by atoms with E-state index >= 15 is 0 Å². The van der Waals surface area contributed by atoms with Crippen LogP contribution in [0.1, 0.15) is 88.9 Å². The highest BCUT2D eigenvalue weighted by molar-refractivity contribution is 5.88. The molecule has 6 atom stereocenters. The summed E-state index contributed by atoms with van der Waals surface area (Å²) >= 11 is 0. The van der Waals surface area contributed by atoms with Crippen molar-refractivity contribution in [2.24, 2.45) is 11.5 Å². The molecule has 2 saturated heterocycles.